The van der Waals surface area contributed by atoms with Gasteiger partial charge in [-0.1, -0.05) is 48.2 Å². The molecule has 0 bridgehead atoms. The zero-order chi connectivity index (χ0) is 21.0. The normalized spacial score (nSPS) is 15.9. The number of anilines is 2. The van der Waals surface area contributed by atoms with Crippen LogP contribution in [-0.4, -0.2) is 59.3 Å². The molecule has 0 saturated carbocycles. The number of aromatic nitrogens is 3. The van der Waals surface area contributed by atoms with Crippen molar-refractivity contribution in [2.24, 2.45) is 0 Å². The average molecular weight is 436 g/mol. The smallest absolute Gasteiger partial charge is 0.232 e. The Labute approximate surface area is 186 Å². The lowest BCUT2D eigenvalue weighted by molar-refractivity contribution is -0.118. The van der Waals surface area contributed by atoms with Gasteiger partial charge in [-0.2, -0.15) is 0 Å². The second kappa shape index (κ2) is 9.11. The minimum absolute atomic E-state index is 0.164. The van der Waals surface area contributed by atoms with Gasteiger partial charge in [-0.05, 0) is 30.2 Å². The molecule has 3 heterocycles. The Kier molecular flexibility index (Phi) is 5.90. The molecule has 8 heteroatoms. The van der Waals surface area contributed by atoms with Crippen molar-refractivity contribution in [1.82, 2.24) is 14.8 Å². The quantitative estimate of drug-likeness (QED) is 0.554. The van der Waals surface area contributed by atoms with Crippen LogP contribution in [0.5, 0.6) is 0 Å². The molecular formula is C23H25N5O2S. The predicted octanol–water partition coefficient (Wildman–Crippen LogP) is 3.18. The van der Waals surface area contributed by atoms with Crippen molar-refractivity contribution >= 4 is 29.3 Å². The summed E-state index contributed by atoms with van der Waals surface area (Å²) in [4.78, 5) is 17.0. The number of carbonyl (C=O) groups is 1. The van der Waals surface area contributed by atoms with Gasteiger partial charge in [-0.3, -0.25) is 9.36 Å². The van der Waals surface area contributed by atoms with Crippen molar-refractivity contribution in [1.29, 1.82) is 0 Å². The maximum Gasteiger partial charge on any atom is 0.232 e. The molecular weight excluding hydrogens is 410 g/mol. The number of hydrogen-bond acceptors (Lipinski definition) is 6. The third-order valence-electron chi connectivity index (χ3n) is 5.66. The van der Waals surface area contributed by atoms with Gasteiger partial charge in [0.05, 0.1) is 18.9 Å². The number of para-hydroxylation sites is 2. The zero-order valence-corrected chi connectivity index (χ0v) is 18.1. The van der Waals surface area contributed by atoms with Crippen LogP contribution < -0.4 is 9.80 Å². The number of hydrogen-bond donors (Lipinski definition) is 0. The molecule has 3 aromatic rings. The van der Waals surface area contributed by atoms with Crippen LogP contribution in [0.2, 0.25) is 0 Å². The molecule has 0 aliphatic carbocycles. The molecule has 31 heavy (non-hydrogen) atoms. The van der Waals surface area contributed by atoms with E-state index in [0.717, 1.165) is 48.5 Å². The van der Waals surface area contributed by atoms with Crippen molar-refractivity contribution in [3.63, 3.8) is 0 Å². The van der Waals surface area contributed by atoms with E-state index < -0.39 is 0 Å². The maximum absolute atomic E-state index is 12.9. The van der Waals surface area contributed by atoms with Crippen LogP contribution >= 0.6 is 11.8 Å². The van der Waals surface area contributed by atoms with Gasteiger partial charge in [0, 0.05) is 37.5 Å². The van der Waals surface area contributed by atoms with Crippen molar-refractivity contribution in [2.45, 2.75) is 18.0 Å². The standard InChI is InChI=1S/C23H25N5O2S/c29-21(27-12-10-18-6-4-5-9-20(18)27)11-17-31-23-25-24-22(26-13-15-30-16-14-26)28(23)19-7-2-1-3-8-19/h1-9H,10-17H2. The Morgan fingerprint density at radius 1 is 0.968 bits per heavy atom. The highest BCUT2D eigenvalue weighted by atomic mass is 32.2. The second-order valence-electron chi connectivity index (χ2n) is 7.58. The molecule has 0 unspecified atom stereocenters. The summed E-state index contributed by atoms with van der Waals surface area (Å²) < 4.78 is 7.58. The first-order valence-corrected chi connectivity index (χ1v) is 11.6. The van der Waals surface area contributed by atoms with Crippen LogP contribution in [0.25, 0.3) is 5.69 Å². The summed E-state index contributed by atoms with van der Waals surface area (Å²) in [5, 5.41) is 9.76. The first kappa shape index (κ1) is 20.1. The van der Waals surface area contributed by atoms with Crippen LogP contribution in [0.1, 0.15) is 12.0 Å². The number of rotatable bonds is 6. The molecule has 0 N–H and O–H groups in total. The molecule has 2 aliphatic rings. The second-order valence-corrected chi connectivity index (χ2v) is 8.64. The van der Waals surface area contributed by atoms with Crippen LogP contribution in [0, 0.1) is 0 Å². The lowest BCUT2D eigenvalue weighted by Crippen LogP contribution is -2.37. The van der Waals surface area contributed by atoms with E-state index in [1.807, 2.05) is 41.3 Å². The van der Waals surface area contributed by atoms with Crippen molar-refractivity contribution < 1.29 is 9.53 Å². The van der Waals surface area contributed by atoms with Gasteiger partial charge in [0.1, 0.15) is 0 Å². The summed E-state index contributed by atoms with van der Waals surface area (Å²) >= 11 is 1.58. The number of ether oxygens (including phenoxy) is 1. The van der Waals surface area contributed by atoms with E-state index in [1.54, 1.807) is 11.8 Å². The summed E-state index contributed by atoms with van der Waals surface area (Å²) in [7, 11) is 0. The largest absolute Gasteiger partial charge is 0.378 e. The molecule has 1 fully saturated rings. The minimum atomic E-state index is 0.164. The Balaban J connectivity index is 1.30. The highest BCUT2D eigenvalue weighted by Crippen LogP contribution is 2.30. The van der Waals surface area contributed by atoms with E-state index in [9.17, 15) is 4.79 Å². The maximum atomic E-state index is 12.9. The topological polar surface area (TPSA) is 63.5 Å². The molecule has 1 aromatic heterocycles. The van der Waals surface area contributed by atoms with Gasteiger partial charge >= 0.3 is 0 Å². The highest BCUT2D eigenvalue weighted by molar-refractivity contribution is 7.99. The Bertz CT molecular complexity index is 1050. The Morgan fingerprint density at radius 3 is 2.58 bits per heavy atom. The number of carbonyl (C=O) groups excluding carboxylic acids is 1. The van der Waals surface area contributed by atoms with E-state index in [2.05, 4.69) is 37.9 Å². The lowest BCUT2D eigenvalue weighted by Gasteiger charge is -2.27. The summed E-state index contributed by atoms with van der Waals surface area (Å²) in [6, 6.07) is 18.3. The lowest BCUT2D eigenvalue weighted by atomic mass is 10.2. The number of morpholine rings is 1. The Morgan fingerprint density at radius 2 is 1.74 bits per heavy atom. The molecule has 0 radical (unpaired) electrons. The average Bonchev–Trinajstić information content (AvgIpc) is 3.45. The highest BCUT2D eigenvalue weighted by Gasteiger charge is 2.25. The molecule has 7 nitrogen and oxygen atoms in total. The van der Waals surface area contributed by atoms with Crippen LogP contribution in [0.15, 0.2) is 59.8 Å². The molecule has 0 spiro atoms. The van der Waals surface area contributed by atoms with Gasteiger partial charge in [-0.15, -0.1) is 10.2 Å². The van der Waals surface area contributed by atoms with Gasteiger partial charge < -0.3 is 14.5 Å². The number of nitrogens with zero attached hydrogens (tertiary/aromatic N) is 5. The number of fused-ring (bicyclic) bond motifs is 1. The molecule has 1 saturated heterocycles. The van der Waals surface area contributed by atoms with Crippen molar-refractivity contribution in [2.75, 3.05) is 48.4 Å². The summed E-state index contributed by atoms with van der Waals surface area (Å²) in [5.74, 6) is 1.65. The Hall–Kier alpha value is -2.84. The van der Waals surface area contributed by atoms with E-state index in [0.29, 0.717) is 25.4 Å². The van der Waals surface area contributed by atoms with Gasteiger partial charge in [0.2, 0.25) is 11.9 Å². The van der Waals surface area contributed by atoms with E-state index in [-0.39, 0.29) is 5.91 Å². The minimum Gasteiger partial charge on any atom is -0.378 e. The first-order chi connectivity index (χ1) is 15.3. The third kappa shape index (κ3) is 4.18. The summed E-state index contributed by atoms with van der Waals surface area (Å²) in [6.07, 6.45) is 1.40. The third-order valence-corrected chi connectivity index (χ3v) is 6.59. The van der Waals surface area contributed by atoms with Crippen LogP contribution in [0.3, 0.4) is 0 Å². The summed E-state index contributed by atoms with van der Waals surface area (Å²) in [6.45, 7) is 3.74. The van der Waals surface area contributed by atoms with Gasteiger partial charge in [0.25, 0.3) is 0 Å². The number of thioether (sulfide) groups is 1. The molecule has 0 atom stereocenters. The molecule has 2 aromatic carbocycles. The molecule has 160 valence electrons. The fraction of sp³-hybridized carbons (Fsp3) is 0.348. The fourth-order valence-corrected chi connectivity index (χ4v) is 4.96. The van der Waals surface area contributed by atoms with E-state index in [4.69, 9.17) is 4.74 Å². The van der Waals surface area contributed by atoms with Crippen LogP contribution in [-0.2, 0) is 16.0 Å². The number of benzene rings is 2. The monoisotopic (exact) mass is 435 g/mol. The van der Waals surface area contributed by atoms with Crippen LogP contribution in [0.4, 0.5) is 11.6 Å². The predicted molar refractivity (Wildman–Crippen MR) is 122 cm³/mol. The van der Waals surface area contributed by atoms with Crippen molar-refractivity contribution in [3.8, 4) is 5.69 Å². The summed E-state index contributed by atoms with van der Waals surface area (Å²) in [5.41, 5.74) is 3.33. The molecule has 1 amide bonds. The van der Waals surface area contributed by atoms with E-state index in [1.165, 1.54) is 5.56 Å². The fourth-order valence-electron chi connectivity index (χ4n) is 4.09. The van der Waals surface area contributed by atoms with Crippen molar-refractivity contribution in [3.05, 3.63) is 60.2 Å². The van der Waals surface area contributed by atoms with Gasteiger partial charge in [0.15, 0.2) is 5.16 Å². The molecule has 2 aliphatic heterocycles. The zero-order valence-electron chi connectivity index (χ0n) is 17.3. The number of amides is 1. The molecule has 5 rings (SSSR count). The van der Waals surface area contributed by atoms with E-state index >= 15 is 0 Å². The van der Waals surface area contributed by atoms with Gasteiger partial charge in [-0.25, -0.2) is 0 Å². The SMILES string of the molecule is O=C(CCSc1nnc(N2CCOCC2)n1-c1ccccc1)N1CCc2ccccc21. The first-order valence-electron chi connectivity index (χ1n) is 10.7.